The van der Waals surface area contributed by atoms with Gasteiger partial charge in [-0.2, -0.15) is 0 Å². The second kappa shape index (κ2) is 5.22. The van der Waals surface area contributed by atoms with Crippen LogP contribution in [-0.2, 0) is 0 Å². The Morgan fingerprint density at radius 2 is 2.17 bits per heavy atom. The summed E-state index contributed by atoms with van der Waals surface area (Å²) in [6.07, 6.45) is 11.7. The lowest BCUT2D eigenvalue weighted by molar-refractivity contribution is 0.359. The lowest BCUT2D eigenvalue weighted by Gasteiger charge is -2.17. The maximum atomic E-state index is 5.26. The quantitative estimate of drug-likeness (QED) is 0.629. The van der Waals surface area contributed by atoms with Gasteiger partial charge in [0.15, 0.2) is 0 Å². The summed E-state index contributed by atoms with van der Waals surface area (Å²) in [4.78, 5) is 0. The molecule has 12 heavy (non-hydrogen) atoms. The van der Waals surface area contributed by atoms with Gasteiger partial charge in [0, 0.05) is 6.42 Å². The van der Waals surface area contributed by atoms with Crippen LogP contribution in [0.1, 0.15) is 32.1 Å². The summed E-state index contributed by atoms with van der Waals surface area (Å²) in [5.41, 5.74) is 0. The average Bonchev–Trinajstić information content (AvgIpc) is 2.50. The first-order chi connectivity index (χ1) is 5.88. The van der Waals surface area contributed by atoms with E-state index >= 15 is 0 Å². The van der Waals surface area contributed by atoms with Crippen LogP contribution in [0.2, 0.25) is 0 Å². The Morgan fingerprint density at radius 3 is 2.83 bits per heavy atom. The van der Waals surface area contributed by atoms with Gasteiger partial charge >= 0.3 is 0 Å². The van der Waals surface area contributed by atoms with Crippen LogP contribution in [0.15, 0.2) is 0 Å². The van der Waals surface area contributed by atoms with E-state index in [1.54, 1.807) is 0 Å². The third-order valence-electron chi connectivity index (χ3n) is 2.94. The third kappa shape index (κ3) is 2.53. The van der Waals surface area contributed by atoms with Gasteiger partial charge in [-0.1, -0.05) is 12.8 Å². The van der Waals surface area contributed by atoms with E-state index in [0.717, 1.165) is 18.3 Å². The lowest BCUT2D eigenvalue weighted by Crippen LogP contribution is -2.21. The predicted octanol–water partition coefficient (Wildman–Crippen LogP) is 2.04. The number of rotatable bonds is 4. The Labute approximate surface area is 75.9 Å². The van der Waals surface area contributed by atoms with E-state index < -0.39 is 0 Å². The van der Waals surface area contributed by atoms with Crippen molar-refractivity contribution in [3.63, 3.8) is 0 Å². The van der Waals surface area contributed by atoms with Crippen molar-refractivity contribution in [3.05, 3.63) is 0 Å². The highest BCUT2D eigenvalue weighted by molar-refractivity contribution is 4.87. The van der Waals surface area contributed by atoms with Crippen molar-refractivity contribution in [2.75, 3.05) is 13.6 Å². The largest absolute Gasteiger partial charge is 0.319 e. The molecule has 2 unspecified atom stereocenters. The van der Waals surface area contributed by atoms with Gasteiger partial charge < -0.3 is 5.32 Å². The smallest absolute Gasteiger partial charge is 0.00888 e. The van der Waals surface area contributed by atoms with E-state index in [2.05, 4.69) is 11.2 Å². The number of hydrogen-bond acceptors (Lipinski definition) is 1. The van der Waals surface area contributed by atoms with Gasteiger partial charge in [0.2, 0.25) is 0 Å². The standard InChI is InChI=1S/C11H19N/c1-3-4-6-10-7-5-8-11(10)9-12-2/h1,10-12H,4-9H2,2H3. The highest BCUT2D eigenvalue weighted by Gasteiger charge is 2.25. The van der Waals surface area contributed by atoms with Crippen LogP contribution in [0, 0.1) is 24.2 Å². The second-order valence-electron chi connectivity index (χ2n) is 3.75. The van der Waals surface area contributed by atoms with Crippen LogP contribution < -0.4 is 5.32 Å². The van der Waals surface area contributed by atoms with E-state index in [9.17, 15) is 0 Å². The molecule has 0 aliphatic heterocycles. The Balaban J connectivity index is 2.26. The molecular weight excluding hydrogens is 146 g/mol. The Morgan fingerprint density at radius 1 is 1.42 bits per heavy atom. The molecule has 2 atom stereocenters. The van der Waals surface area contributed by atoms with Gasteiger partial charge in [-0.05, 0) is 38.3 Å². The third-order valence-corrected chi connectivity index (χ3v) is 2.94. The monoisotopic (exact) mass is 165 g/mol. The minimum Gasteiger partial charge on any atom is -0.319 e. The molecule has 1 fully saturated rings. The maximum absolute atomic E-state index is 5.26. The summed E-state index contributed by atoms with van der Waals surface area (Å²) >= 11 is 0. The van der Waals surface area contributed by atoms with Crippen LogP contribution in [0.4, 0.5) is 0 Å². The van der Waals surface area contributed by atoms with Crippen LogP contribution in [0.25, 0.3) is 0 Å². The van der Waals surface area contributed by atoms with E-state index in [-0.39, 0.29) is 0 Å². The maximum Gasteiger partial charge on any atom is 0.00888 e. The molecule has 1 saturated carbocycles. The molecule has 0 aromatic carbocycles. The van der Waals surface area contributed by atoms with Gasteiger partial charge in [-0.25, -0.2) is 0 Å². The van der Waals surface area contributed by atoms with Crippen molar-refractivity contribution in [1.82, 2.24) is 5.32 Å². The fourth-order valence-electron chi connectivity index (χ4n) is 2.29. The minimum absolute atomic E-state index is 0.892. The van der Waals surface area contributed by atoms with Crippen molar-refractivity contribution in [1.29, 1.82) is 0 Å². The zero-order valence-electron chi connectivity index (χ0n) is 7.97. The molecule has 0 radical (unpaired) electrons. The molecule has 68 valence electrons. The van der Waals surface area contributed by atoms with Gasteiger partial charge in [0.1, 0.15) is 0 Å². The Bertz CT molecular complexity index is 157. The number of nitrogens with one attached hydrogen (secondary N) is 1. The summed E-state index contributed by atoms with van der Waals surface area (Å²) in [6, 6.07) is 0. The molecule has 1 N–H and O–H groups in total. The summed E-state index contributed by atoms with van der Waals surface area (Å²) in [7, 11) is 2.04. The van der Waals surface area contributed by atoms with Crippen molar-refractivity contribution < 1.29 is 0 Å². The van der Waals surface area contributed by atoms with Crippen LogP contribution in [0.3, 0.4) is 0 Å². The van der Waals surface area contributed by atoms with Crippen molar-refractivity contribution >= 4 is 0 Å². The fourth-order valence-corrected chi connectivity index (χ4v) is 2.29. The normalized spacial score (nSPS) is 28.7. The van der Waals surface area contributed by atoms with Crippen molar-refractivity contribution in [2.45, 2.75) is 32.1 Å². The summed E-state index contributed by atoms with van der Waals surface area (Å²) in [5.74, 6) is 4.53. The Hall–Kier alpha value is -0.480. The SMILES string of the molecule is C#CCCC1CCCC1CNC. The number of terminal acetylenes is 1. The molecule has 0 spiro atoms. The molecule has 0 heterocycles. The zero-order valence-corrected chi connectivity index (χ0v) is 7.97. The first-order valence-electron chi connectivity index (χ1n) is 4.96. The summed E-state index contributed by atoms with van der Waals surface area (Å²) in [6.45, 7) is 1.18. The first-order valence-corrected chi connectivity index (χ1v) is 4.96. The molecule has 1 aliphatic carbocycles. The van der Waals surface area contributed by atoms with Gasteiger partial charge in [0.05, 0.1) is 0 Å². The highest BCUT2D eigenvalue weighted by atomic mass is 14.8. The molecule has 0 bridgehead atoms. The predicted molar refractivity (Wildman–Crippen MR) is 52.8 cm³/mol. The van der Waals surface area contributed by atoms with E-state index in [0.29, 0.717) is 0 Å². The molecule has 0 saturated heterocycles. The van der Waals surface area contributed by atoms with Gasteiger partial charge in [0.25, 0.3) is 0 Å². The molecule has 0 aromatic heterocycles. The van der Waals surface area contributed by atoms with E-state index in [1.807, 2.05) is 7.05 Å². The molecule has 1 rings (SSSR count). The highest BCUT2D eigenvalue weighted by Crippen LogP contribution is 2.34. The van der Waals surface area contributed by atoms with Crippen LogP contribution >= 0.6 is 0 Å². The number of hydrogen-bond donors (Lipinski definition) is 1. The second-order valence-corrected chi connectivity index (χ2v) is 3.75. The van der Waals surface area contributed by atoms with Crippen molar-refractivity contribution in [2.24, 2.45) is 11.8 Å². The summed E-state index contributed by atoms with van der Waals surface area (Å²) < 4.78 is 0. The molecule has 0 amide bonds. The molecule has 1 nitrogen and oxygen atoms in total. The molecule has 1 heteroatoms. The molecule has 0 aromatic rings. The average molecular weight is 165 g/mol. The van der Waals surface area contributed by atoms with Gasteiger partial charge in [-0.3, -0.25) is 0 Å². The van der Waals surface area contributed by atoms with Crippen molar-refractivity contribution in [3.8, 4) is 12.3 Å². The van der Waals surface area contributed by atoms with Gasteiger partial charge in [-0.15, -0.1) is 12.3 Å². The van der Waals surface area contributed by atoms with Crippen LogP contribution in [0.5, 0.6) is 0 Å². The van der Waals surface area contributed by atoms with E-state index in [1.165, 1.54) is 32.2 Å². The fraction of sp³-hybridized carbons (Fsp3) is 0.818. The summed E-state index contributed by atoms with van der Waals surface area (Å²) in [5, 5.41) is 3.26. The minimum atomic E-state index is 0.892. The topological polar surface area (TPSA) is 12.0 Å². The first kappa shape index (κ1) is 9.61. The molecule has 1 aliphatic rings. The molecular formula is C11H19N. The lowest BCUT2D eigenvalue weighted by atomic mass is 9.92. The van der Waals surface area contributed by atoms with Crippen LogP contribution in [-0.4, -0.2) is 13.6 Å². The Kier molecular flexibility index (Phi) is 4.18. The van der Waals surface area contributed by atoms with E-state index in [4.69, 9.17) is 6.42 Å². The zero-order chi connectivity index (χ0) is 8.81.